The van der Waals surface area contributed by atoms with E-state index >= 15 is 0 Å². The first-order chi connectivity index (χ1) is 52.8. The average Bonchev–Trinajstić information content (AvgIpc) is 0.776. The van der Waals surface area contributed by atoms with E-state index in [1.165, 1.54) is 334 Å². The Balaban J connectivity index is 1.32. The van der Waals surface area contributed by atoms with Crippen LogP contribution in [0.3, 0.4) is 0 Å². The van der Waals surface area contributed by atoms with E-state index < -0.39 is 124 Å². The van der Waals surface area contributed by atoms with Gasteiger partial charge in [-0.05, 0) is 32.1 Å². The van der Waals surface area contributed by atoms with Crippen LogP contribution in [-0.2, 0) is 33.2 Å². The van der Waals surface area contributed by atoms with E-state index in [-0.39, 0.29) is 18.9 Å². The molecule has 19 nitrogen and oxygen atoms in total. The van der Waals surface area contributed by atoms with Crippen LogP contribution in [0.1, 0.15) is 406 Å². The van der Waals surface area contributed by atoms with Crippen molar-refractivity contribution < 1.29 is 89.4 Å². The molecule has 0 aromatic heterocycles. The molecule has 3 heterocycles. The maximum Gasteiger partial charge on any atom is 0.220 e. The molecule has 3 fully saturated rings. The van der Waals surface area contributed by atoms with E-state index in [1.807, 2.05) is 6.08 Å². The van der Waals surface area contributed by atoms with Crippen molar-refractivity contribution >= 4 is 5.91 Å². The maximum absolute atomic E-state index is 13.5. The minimum atomic E-state index is -1.98. The highest BCUT2D eigenvalue weighted by molar-refractivity contribution is 5.76. The molecule has 3 rings (SSSR count). The van der Waals surface area contributed by atoms with Crippen LogP contribution >= 0.6 is 0 Å². The van der Waals surface area contributed by atoms with Gasteiger partial charge in [-0.15, -0.1) is 0 Å². The molecule has 0 aromatic carbocycles. The van der Waals surface area contributed by atoms with Crippen LogP contribution in [0.2, 0.25) is 0 Å². The van der Waals surface area contributed by atoms with Gasteiger partial charge in [0.1, 0.15) is 73.2 Å². The molecule has 19 heteroatoms. The Kier molecular flexibility index (Phi) is 64.7. The fourth-order valence-electron chi connectivity index (χ4n) is 15.7. The maximum atomic E-state index is 13.5. The number of rotatable bonds is 75. The Labute approximate surface area is 658 Å². The predicted octanol–water partition coefficient (Wildman–Crippen LogP) is 17.2. The van der Waals surface area contributed by atoms with Gasteiger partial charge >= 0.3 is 0 Å². The number of hydrogen-bond acceptors (Lipinski definition) is 18. The van der Waals surface area contributed by atoms with Crippen molar-refractivity contribution in [2.24, 2.45) is 0 Å². The molecule has 0 spiro atoms. The van der Waals surface area contributed by atoms with Gasteiger partial charge in [0.2, 0.25) is 5.91 Å². The molecule has 638 valence electrons. The first kappa shape index (κ1) is 100. The lowest BCUT2D eigenvalue weighted by molar-refractivity contribution is -0.379. The van der Waals surface area contributed by atoms with Gasteiger partial charge in [0.05, 0.1) is 38.6 Å². The van der Waals surface area contributed by atoms with Gasteiger partial charge in [0.15, 0.2) is 18.9 Å². The van der Waals surface area contributed by atoms with Gasteiger partial charge in [-0.1, -0.05) is 391 Å². The van der Waals surface area contributed by atoms with Crippen molar-refractivity contribution in [1.82, 2.24) is 5.32 Å². The second-order valence-corrected chi connectivity index (χ2v) is 32.8. The number of carbonyl (C=O) groups is 1. The number of nitrogens with one attached hydrogen (secondary N) is 1. The molecule has 17 unspecified atom stereocenters. The predicted molar refractivity (Wildman–Crippen MR) is 434 cm³/mol. The van der Waals surface area contributed by atoms with Crippen molar-refractivity contribution in [1.29, 1.82) is 0 Å². The van der Waals surface area contributed by atoms with Crippen LogP contribution in [-0.4, -0.2) is 193 Å². The first-order valence-corrected chi connectivity index (χ1v) is 45.6. The lowest BCUT2D eigenvalue weighted by Crippen LogP contribution is -2.66. The summed E-state index contributed by atoms with van der Waals surface area (Å²) in [4.78, 5) is 13.5. The van der Waals surface area contributed by atoms with E-state index in [2.05, 4.69) is 31.3 Å². The monoisotopic (exact) mass is 1540 g/mol. The summed E-state index contributed by atoms with van der Waals surface area (Å²) >= 11 is 0. The normalized spacial score (nSPS) is 25.4. The van der Waals surface area contributed by atoms with E-state index in [0.717, 1.165) is 38.5 Å². The minimum Gasteiger partial charge on any atom is -0.394 e. The fraction of sp³-hybridized carbons (Fsp3) is 0.944. The van der Waals surface area contributed by atoms with Crippen molar-refractivity contribution in [2.75, 3.05) is 26.4 Å². The second kappa shape index (κ2) is 69.6. The molecule has 3 aliphatic heterocycles. The van der Waals surface area contributed by atoms with Crippen LogP contribution in [0.25, 0.3) is 0 Å². The number of allylic oxidation sites excluding steroid dienone is 3. The van der Waals surface area contributed by atoms with Crippen molar-refractivity contribution in [2.45, 2.75) is 510 Å². The molecule has 3 saturated heterocycles. The lowest BCUT2D eigenvalue weighted by Gasteiger charge is -2.48. The Morgan fingerprint density at radius 2 is 0.593 bits per heavy atom. The third kappa shape index (κ3) is 48.0. The third-order valence-electron chi connectivity index (χ3n) is 23.0. The molecular formula is C89H169NO18. The van der Waals surface area contributed by atoms with Crippen LogP contribution in [0, 0.1) is 0 Å². The highest BCUT2D eigenvalue weighted by atomic mass is 16.8. The Bertz CT molecular complexity index is 2040. The molecular weight excluding hydrogens is 1370 g/mol. The molecule has 108 heavy (non-hydrogen) atoms. The van der Waals surface area contributed by atoms with Crippen molar-refractivity contribution in [3.63, 3.8) is 0 Å². The molecule has 0 radical (unpaired) electrons. The average molecular weight is 1540 g/mol. The van der Waals surface area contributed by atoms with E-state index in [9.17, 15) is 61.0 Å². The molecule has 0 aromatic rings. The number of amides is 1. The van der Waals surface area contributed by atoms with Gasteiger partial charge in [-0.2, -0.15) is 0 Å². The topological polar surface area (TPSA) is 307 Å². The molecule has 0 aliphatic carbocycles. The summed E-state index contributed by atoms with van der Waals surface area (Å²) in [7, 11) is 0. The zero-order valence-corrected chi connectivity index (χ0v) is 68.9. The Hall–Kier alpha value is -1.73. The van der Waals surface area contributed by atoms with Gasteiger partial charge in [0, 0.05) is 6.42 Å². The zero-order valence-electron chi connectivity index (χ0n) is 68.9. The second-order valence-electron chi connectivity index (χ2n) is 32.8. The molecule has 0 saturated carbocycles. The highest BCUT2D eigenvalue weighted by Gasteiger charge is 2.54. The van der Waals surface area contributed by atoms with Crippen LogP contribution in [0.15, 0.2) is 24.3 Å². The van der Waals surface area contributed by atoms with Gasteiger partial charge in [-0.3, -0.25) is 4.79 Å². The summed E-state index contributed by atoms with van der Waals surface area (Å²) in [6.07, 6.45) is 60.7. The summed E-state index contributed by atoms with van der Waals surface area (Å²) in [6, 6.07) is -0.989. The number of aliphatic hydroxyl groups is 11. The number of aliphatic hydroxyl groups excluding tert-OH is 11. The Morgan fingerprint density at radius 3 is 0.926 bits per heavy atom. The largest absolute Gasteiger partial charge is 0.394 e. The SMILES string of the molecule is CCCCCCCCCCCCCCCCCCCCCCC/C=C/CC/C=C/C(O)C(COC1OC(CO)C(OC2OC(CO)C(OC3OC(CO)C(O)C(O)C3O)C(O)C2O)C(O)C1O)NC(=O)CCCCCCCCCCCCCCCCCCCCCCCCCCCCCCCCCCCCCC. The van der Waals surface area contributed by atoms with Crippen LogP contribution in [0.5, 0.6) is 0 Å². The quantitative estimate of drug-likeness (QED) is 0.0199. The summed E-state index contributed by atoms with van der Waals surface area (Å²) < 4.78 is 34.5. The Morgan fingerprint density at radius 1 is 0.324 bits per heavy atom. The summed E-state index contributed by atoms with van der Waals surface area (Å²) in [5.41, 5.74) is 0. The van der Waals surface area contributed by atoms with Crippen molar-refractivity contribution in [3.05, 3.63) is 24.3 Å². The standard InChI is InChI=1S/C89H169NO18/c1-3-5-7-9-11-13-15-17-19-21-23-25-27-29-31-32-33-34-35-36-37-38-39-41-43-45-47-49-51-53-55-57-59-61-63-65-67-77(95)90-72(73(94)66-64-62-60-58-56-54-52-50-48-46-44-42-40-30-28-26-24-22-20-18-16-14-12-10-8-6-4-2)71-103-87-83(101)80(98)85(75(69-92)105-87)108-89-84(102)81(99)86(76(70-93)106-89)107-88-82(100)79(97)78(96)74(68-91)104-88/h56,58,64,66,72-76,78-89,91-94,96-102H,3-55,57,59-63,65,67-71H2,1-2H3,(H,90,95)/b58-56+,66-64+. The first-order valence-electron chi connectivity index (χ1n) is 45.6. The molecule has 1 amide bonds. The number of carbonyl (C=O) groups excluding carboxylic acids is 1. The smallest absolute Gasteiger partial charge is 0.220 e. The zero-order chi connectivity index (χ0) is 78.1. The number of unbranched alkanes of at least 4 members (excludes halogenated alkanes) is 57. The number of ether oxygens (including phenoxy) is 6. The van der Waals surface area contributed by atoms with Crippen LogP contribution < -0.4 is 5.32 Å². The van der Waals surface area contributed by atoms with Crippen molar-refractivity contribution in [3.8, 4) is 0 Å². The number of hydrogen-bond donors (Lipinski definition) is 12. The third-order valence-corrected chi connectivity index (χ3v) is 23.0. The lowest BCUT2D eigenvalue weighted by atomic mass is 9.96. The molecule has 0 bridgehead atoms. The summed E-state index contributed by atoms with van der Waals surface area (Å²) in [6.45, 7) is 1.80. The summed E-state index contributed by atoms with van der Waals surface area (Å²) in [5, 5.41) is 121. The van der Waals surface area contributed by atoms with E-state index in [1.54, 1.807) is 6.08 Å². The minimum absolute atomic E-state index is 0.241. The molecule has 17 atom stereocenters. The van der Waals surface area contributed by atoms with Gasteiger partial charge in [0.25, 0.3) is 0 Å². The van der Waals surface area contributed by atoms with Gasteiger partial charge in [-0.25, -0.2) is 0 Å². The van der Waals surface area contributed by atoms with Crippen LogP contribution in [0.4, 0.5) is 0 Å². The molecule has 3 aliphatic rings. The van der Waals surface area contributed by atoms with Gasteiger partial charge < -0.3 is 89.9 Å². The fourth-order valence-corrected chi connectivity index (χ4v) is 15.7. The van der Waals surface area contributed by atoms with E-state index in [0.29, 0.717) is 12.8 Å². The van der Waals surface area contributed by atoms with E-state index in [4.69, 9.17) is 28.4 Å². The highest BCUT2D eigenvalue weighted by Crippen LogP contribution is 2.34. The molecule has 12 N–H and O–H groups in total. The summed E-state index contributed by atoms with van der Waals surface area (Å²) in [5.74, 6) is -0.275.